The maximum atomic E-state index is 10.5. The van der Waals surface area contributed by atoms with Gasteiger partial charge in [-0.15, -0.1) is 0 Å². The van der Waals surface area contributed by atoms with Crippen LogP contribution < -0.4 is 16.2 Å². The van der Waals surface area contributed by atoms with E-state index in [9.17, 15) is 9.59 Å². The van der Waals surface area contributed by atoms with Gasteiger partial charge in [-0.3, -0.25) is 15.5 Å². The molecular weight excluding hydrogens is 122 g/mol. The van der Waals surface area contributed by atoms with Crippen molar-refractivity contribution in [1.82, 2.24) is 16.2 Å². The molecule has 3 N–H and O–H groups in total. The maximum Gasteiger partial charge on any atom is 0.335 e. The van der Waals surface area contributed by atoms with Gasteiger partial charge in [0.2, 0.25) is 5.91 Å². The second-order valence-electron chi connectivity index (χ2n) is 1.68. The van der Waals surface area contributed by atoms with Crippen molar-refractivity contribution in [2.45, 2.75) is 6.42 Å². The number of carbonyl (C=O) groups is 2. The van der Waals surface area contributed by atoms with Crippen LogP contribution in [0.5, 0.6) is 0 Å². The molecule has 1 rings (SSSR count). The first-order valence-electron chi connectivity index (χ1n) is 2.62. The highest BCUT2D eigenvalue weighted by Crippen LogP contribution is 1.79. The lowest BCUT2D eigenvalue weighted by Crippen LogP contribution is -2.41. The molecule has 5 nitrogen and oxygen atoms in total. The number of hydrazine groups is 1. The summed E-state index contributed by atoms with van der Waals surface area (Å²) in [6.07, 6.45) is 0.332. The standard InChI is InChI=1S/C4H7N3O2/c8-3-1-2-5-7-4(9)6-3/h5H,1-2H2,(H2,6,7,8,9). The molecular formula is C4H7N3O2. The number of nitrogens with one attached hydrogen (secondary N) is 3. The van der Waals surface area contributed by atoms with Gasteiger partial charge in [0.15, 0.2) is 0 Å². The summed E-state index contributed by atoms with van der Waals surface area (Å²) in [7, 11) is 0. The Morgan fingerprint density at radius 1 is 1.33 bits per heavy atom. The Kier molecular flexibility index (Phi) is 1.64. The molecule has 0 aliphatic carbocycles. The number of carbonyl (C=O) groups excluding carboxylic acids is 2. The van der Waals surface area contributed by atoms with Crippen molar-refractivity contribution in [3.63, 3.8) is 0 Å². The lowest BCUT2D eigenvalue weighted by Gasteiger charge is -1.96. The van der Waals surface area contributed by atoms with E-state index in [1.54, 1.807) is 0 Å². The van der Waals surface area contributed by atoms with Gasteiger partial charge < -0.3 is 0 Å². The van der Waals surface area contributed by atoms with Gasteiger partial charge in [0.25, 0.3) is 0 Å². The van der Waals surface area contributed by atoms with Crippen molar-refractivity contribution in [2.24, 2.45) is 0 Å². The van der Waals surface area contributed by atoms with Crippen LogP contribution in [0.1, 0.15) is 6.42 Å². The second-order valence-corrected chi connectivity index (χ2v) is 1.68. The summed E-state index contributed by atoms with van der Waals surface area (Å²) in [6.45, 7) is 0.484. The van der Waals surface area contributed by atoms with Gasteiger partial charge in [0.05, 0.1) is 0 Å². The van der Waals surface area contributed by atoms with Crippen LogP contribution in [0.15, 0.2) is 0 Å². The van der Waals surface area contributed by atoms with E-state index in [1.807, 2.05) is 0 Å². The molecule has 9 heavy (non-hydrogen) atoms. The van der Waals surface area contributed by atoms with Gasteiger partial charge in [-0.25, -0.2) is 10.2 Å². The van der Waals surface area contributed by atoms with Gasteiger partial charge in [-0.1, -0.05) is 0 Å². The van der Waals surface area contributed by atoms with Crippen molar-refractivity contribution >= 4 is 11.9 Å². The highest BCUT2D eigenvalue weighted by atomic mass is 16.2. The van der Waals surface area contributed by atoms with Crippen molar-refractivity contribution in [3.8, 4) is 0 Å². The predicted molar refractivity (Wildman–Crippen MR) is 29.3 cm³/mol. The molecule has 50 valence electrons. The summed E-state index contributed by atoms with van der Waals surface area (Å²) in [5.41, 5.74) is 4.80. The molecule has 0 spiro atoms. The van der Waals surface area contributed by atoms with Crippen molar-refractivity contribution in [3.05, 3.63) is 0 Å². The predicted octanol–water partition coefficient (Wildman–Crippen LogP) is -1.28. The first kappa shape index (κ1) is 6.03. The smallest absolute Gasteiger partial charge is 0.277 e. The van der Waals surface area contributed by atoms with Crippen molar-refractivity contribution < 1.29 is 9.59 Å². The highest BCUT2D eigenvalue weighted by molar-refractivity contribution is 5.94. The van der Waals surface area contributed by atoms with Crippen LogP contribution in [0.4, 0.5) is 4.79 Å². The van der Waals surface area contributed by atoms with Gasteiger partial charge in [-0.2, -0.15) is 0 Å². The van der Waals surface area contributed by atoms with Crippen LogP contribution >= 0.6 is 0 Å². The Labute approximate surface area is 51.8 Å². The van der Waals surface area contributed by atoms with Crippen LogP contribution in [0.3, 0.4) is 0 Å². The lowest BCUT2D eigenvalue weighted by atomic mass is 10.4. The molecule has 0 bridgehead atoms. The molecule has 3 amide bonds. The second kappa shape index (κ2) is 2.45. The van der Waals surface area contributed by atoms with Gasteiger partial charge in [0, 0.05) is 13.0 Å². The first-order chi connectivity index (χ1) is 4.29. The van der Waals surface area contributed by atoms with Crippen LogP contribution in [-0.4, -0.2) is 18.5 Å². The van der Waals surface area contributed by atoms with E-state index in [2.05, 4.69) is 16.2 Å². The zero-order chi connectivity index (χ0) is 6.69. The first-order valence-corrected chi connectivity index (χ1v) is 2.62. The fraction of sp³-hybridized carbons (Fsp3) is 0.500. The number of hydrogen-bond donors (Lipinski definition) is 3. The normalized spacial score (nSPS) is 20.0. The van der Waals surface area contributed by atoms with Crippen molar-refractivity contribution in [2.75, 3.05) is 6.54 Å². The Bertz CT molecular complexity index is 129. The Morgan fingerprint density at radius 2 is 2.11 bits per heavy atom. The van der Waals surface area contributed by atoms with E-state index < -0.39 is 6.03 Å². The summed E-state index contributed by atoms with van der Waals surface area (Å²) >= 11 is 0. The molecule has 1 fully saturated rings. The summed E-state index contributed by atoms with van der Waals surface area (Å²) in [5, 5.41) is 2.09. The number of hydrogen-bond acceptors (Lipinski definition) is 3. The average Bonchev–Trinajstić information content (AvgIpc) is 1.93. The van der Waals surface area contributed by atoms with E-state index in [4.69, 9.17) is 0 Å². The third kappa shape index (κ3) is 1.69. The fourth-order valence-corrected chi connectivity index (χ4v) is 0.539. The summed E-state index contributed by atoms with van der Waals surface area (Å²) in [6, 6.07) is -0.488. The topological polar surface area (TPSA) is 70.2 Å². The molecule has 0 unspecified atom stereocenters. The summed E-state index contributed by atoms with van der Waals surface area (Å²) in [5.74, 6) is -0.252. The number of imide groups is 1. The average molecular weight is 129 g/mol. The minimum atomic E-state index is -0.488. The third-order valence-electron chi connectivity index (χ3n) is 0.932. The molecule has 0 aromatic carbocycles. The van der Waals surface area contributed by atoms with Crippen LogP contribution in [-0.2, 0) is 4.79 Å². The molecule has 0 saturated carbocycles. The van der Waals surface area contributed by atoms with Gasteiger partial charge >= 0.3 is 6.03 Å². The Hall–Kier alpha value is -1.10. The Balaban J connectivity index is 2.47. The third-order valence-corrected chi connectivity index (χ3v) is 0.932. The van der Waals surface area contributed by atoms with Crippen LogP contribution in [0.25, 0.3) is 0 Å². The molecule has 0 atom stereocenters. The van der Waals surface area contributed by atoms with Crippen LogP contribution in [0.2, 0.25) is 0 Å². The molecule has 1 aliphatic rings. The molecule has 0 radical (unpaired) electrons. The number of urea groups is 1. The molecule has 1 heterocycles. The quantitative estimate of drug-likeness (QED) is 0.381. The number of amides is 3. The monoisotopic (exact) mass is 129 g/mol. The highest BCUT2D eigenvalue weighted by Gasteiger charge is 2.09. The minimum Gasteiger partial charge on any atom is -0.277 e. The van der Waals surface area contributed by atoms with E-state index >= 15 is 0 Å². The molecule has 1 saturated heterocycles. The molecule has 0 aromatic heterocycles. The molecule has 5 heteroatoms. The SMILES string of the molecule is O=C1CCNNC(=O)N1. The minimum absolute atomic E-state index is 0.252. The molecule has 1 aliphatic heterocycles. The summed E-state index contributed by atoms with van der Waals surface area (Å²) in [4.78, 5) is 20.9. The summed E-state index contributed by atoms with van der Waals surface area (Å²) < 4.78 is 0. The number of rotatable bonds is 0. The van der Waals surface area contributed by atoms with Crippen LogP contribution in [0, 0.1) is 0 Å². The largest absolute Gasteiger partial charge is 0.335 e. The zero-order valence-corrected chi connectivity index (χ0v) is 4.73. The fourth-order valence-electron chi connectivity index (χ4n) is 0.539. The van der Waals surface area contributed by atoms with E-state index in [1.165, 1.54) is 0 Å². The maximum absolute atomic E-state index is 10.5. The van der Waals surface area contributed by atoms with E-state index in [0.29, 0.717) is 13.0 Å². The van der Waals surface area contributed by atoms with E-state index in [0.717, 1.165) is 0 Å². The van der Waals surface area contributed by atoms with Gasteiger partial charge in [-0.05, 0) is 0 Å². The van der Waals surface area contributed by atoms with Crippen molar-refractivity contribution in [1.29, 1.82) is 0 Å². The lowest BCUT2D eigenvalue weighted by molar-refractivity contribution is -0.119. The Morgan fingerprint density at radius 3 is 2.89 bits per heavy atom. The van der Waals surface area contributed by atoms with E-state index in [-0.39, 0.29) is 5.91 Å². The molecule has 0 aromatic rings. The zero-order valence-electron chi connectivity index (χ0n) is 4.73. The van der Waals surface area contributed by atoms with Gasteiger partial charge in [0.1, 0.15) is 0 Å².